The van der Waals surface area contributed by atoms with Gasteiger partial charge < -0.3 is 23.7 Å². The zero-order valence-corrected chi connectivity index (χ0v) is 11.8. The lowest BCUT2D eigenvalue weighted by atomic mass is 10.2. The molecule has 0 spiro atoms. The van der Waals surface area contributed by atoms with Crippen LogP contribution in [0, 0.1) is 5.92 Å². The van der Waals surface area contributed by atoms with Gasteiger partial charge in [0, 0.05) is 26.9 Å². The highest BCUT2D eigenvalue weighted by molar-refractivity contribution is 6.59. The minimum absolute atomic E-state index is 0.506. The van der Waals surface area contributed by atoms with E-state index in [-0.39, 0.29) is 0 Å². The maximum atomic E-state index is 9.75. The molecular weight excluding hydrogens is 226 g/mol. The van der Waals surface area contributed by atoms with Gasteiger partial charge in [-0.2, -0.15) is 0 Å². The highest BCUT2D eigenvalue weighted by Gasteiger charge is 2.33. The van der Waals surface area contributed by atoms with Crippen LogP contribution in [-0.4, -0.2) is 54.6 Å². The average Bonchev–Trinajstić information content (AvgIpc) is 2.28. The van der Waals surface area contributed by atoms with Crippen molar-refractivity contribution in [2.24, 2.45) is 5.92 Å². The van der Waals surface area contributed by atoms with Crippen molar-refractivity contribution in [3.8, 4) is 0 Å². The molecule has 0 rings (SSSR count). The minimum Gasteiger partial charge on any atom is -0.390 e. The SMILES string of the molecule is CNCC(C)COCCC[Si](O)(OC)OC. The van der Waals surface area contributed by atoms with Gasteiger partial charge in [0.05, 0.1) is 6.61 Å². The van der Waals surface area contributed by atoms with Crippen LogP contribution in [0.15, 0.2) is 0 Å². The van der Waals surface area contributed by atoms with Crippen molar-refractivity contribution in [1.82, 2.24) is 5.32 Å². The van der Waals surface area contributed by atoms with Crippen molar-refractivity contribution in [3.05, 3.63) is 0 Å². The quantitative estimate of drug-likeness (QED) is 0.437. The van der Waals surface area contributed by atoms with Gasteiger partial charge in [-0.15, -0.1) is 0 Å². The summed E-state index contributed by atoms with van der Waals surface area (Å²) in [5, 5.41) is 3.10. The number of rotatable bonds is 10. The fourth-order valence-corrected chi connectivity index (χ4v) is 2.54. The molecule has 16 heavy (non-hydrogen) atoms. The Labute approximate surface area is 99.5 Å². The summed E-state index contributed by atoms with van der Waals surface area (Å²) in [6, 6.07) is 0.542. The monoisotopic (exact) mass is 251 g/mol. The molecule has 6 heteroatoms. The Balaban J connectivity index is 3.46. The van der Waals surface area contributed by atoms with E-state index in [0.717, 1.165) is 19.6 Å². The number of hydrogen-bond acceptors (Lipinski definition) is 5. The Kier molecular flexibility index (Phi) is 9.10. The topological polar surface area (TPSA) is 60.0 Å². The second-order valence-electron chi connectivity index (χ2n) is 3.96. The van der Waals surface area contributed by atoms with Gasteiger partial charge in [-0.05, 0) is 25.9 Å². The lowest BCUT2D eigenvalue weighted by molar-refractivity contribution is 0.0979. The molecule has 0 saturated carbocycles. The normalized spacial score (nSPS) is 14.1. The van der Waals surface area contributed by atoms with Gasteiger partial charge in [0.2, 0.25) is 0 Å². The molecule has 0 aromatic carbocycles. The largest absolute Gasteiger partial charge is 0.497 e. The van der Waals surface area contributed by atoms with Gasteiger partial charge in [-0.1, -0.05) is 6.92 Å². The van der Waals surface area contributed by atoms with Crippen molar-refractivity contribution in [2.45, 2.75) is 19.4 Å². The Morgan fingerprint density at radius 3 is 2.44 bits per heavy atom. The maximum Gasteiger partial charge on any atom is 0.497 e. The summed E-state index contributed by atoms with van der Waals surface area (Å²) in [4.78, 5) is 9.75. The van der Waals surface area contributed by atoms with Crippen LogP contribution in [0.2, 0.25) is 6.04 Å². The highest BCUT2D eigenvalue weighted by Crippen LogP contribution is 2.10. The lowest BCUT2D eigenvalue weighted by Gasteiger charge is -2.19. The second-order valence-corrected chi connectivity index (χ2v) is 6.70. The van der Waals surface area contributed by atoms with Gasteiger partial charge in [-0.3, -0.25) is 0 Å². The van der Waals surface area contributed by atoms with Gasteiger partial charge in [0.1, 0.15) is 0 Å². The maximum absolute atomic E-state index is 9.75. The van der Waals surface area contributed by atoms with E-state index in [4.69, 9.17) is 13.6 Å². The molecule has 5 nitrogen and oxygen atoms in total. The van der Waals surface area contributed by atoms with Crippen LogP contribution in [0.4, 0.5) is 0 Å². The van der Waals surface area contributed by atoms with E-state index in [1.54, 1.807) is 0 Å². The molecule has 0 aliphatic heterocycles. The molecule has 0 heterocycles. The van der Waals surface area contributed by atoms with Crippen molar-refractivity contribution in [1.29, 1.82) is 0 Å². The fraction of sp³-hybridized carbons (Fsp3) is 1.00. The molecule has 1 atom stereocenters. The summed E-state index contributed by atoms with van der Waals surface area (Å²) >= 11 is 0. The smallest absolute Gasteiger partial charge is 0.390 e. The van der Waals surface area contributed by atoms with E-state index >= 15 is 0 Å². The molecular formula is C10H25NO4Si. The first-order valence-corrected chi connectivity index (χ1v) is 7.60. The Morgan fingerprint density at radius 1 is 1.31 bits per heavy atom. The fourth-order valence-electron chi connectivity index (χ4n) is 1.38. The first-order valence-electron chi connectivity index (χ1n) is 5.63. The Hall–Kier alpha value is 0.0169. The first-order chi connectivity index (χ1) is 7.58. The molecule has 0 aliphatic carbocycles. The van der Waals surface area contributed by atoms with Crippen LogP contribution in [0.25, 0.3) is 0 Å². The number of nitrogens with one attached hydrogen (secondary N) is 1. The third kappa shape index (κ3) is 7.32. The zero-order chi connectivity index (χ0) is 12.4. The second kappa shape index (κ2) is 9.09. The predicted octanol–water partition coefficient (Wildman–Crippen LogP) is 0.473. The summed E-state index contributed by atoms with van der Waals surface area (Å²) in [5.74, 6) is 0.506. The van der Waals surface area contributed by atoms with Gasteiger partial charge >= 0.3 is 8.80 Å². The summed E-state index contributed by atoms with van der Waals surface area (Å²) in [6.07, 6.45) is 0.761. The van der Waals surface area contributed by atoms with Crippen molar-refractivity contribution >= 4 is 8.80 Å². The van der Waals surface area contributed by atoms with Gasteiger partial charge in [-0.25, -0.2) is 0 Å². The summed E-state index contributed by atoms with van der Waals surface area (Å²) in [7, 11) is 2.00. The van der Waals surface area contributed by atoms with Crippen molar-refractivity contribution < 1.29 is 18.4 Å². The van der Waals surface area contributed by atoms with E-state index < -0.39 is 8.80 Å². The van der Waals surface area contributed by atoms with Gasteiger partial charge in [0.15, 0.2) is 0 Å². The van der Waals surface area contributed by atoms with Crippen LogP contribution in [0.5, 0.6) is 0 Å². The van der Waals surface area contributed by atoms with Crippen LogP contribution in [0.1, 0.15) is 13.3 Å². The van der Waals surface area contributed by atoms with E-state index in [0.29, 0.717) is 18.6 Å². The third-order valence-electron chi connectivity index (χ3n) is 2.37. The predicted molar refractivity (Wildman–Crippen MR) is 65.3 cm³/mol. The average molecular weight is 251 g/mol. The Morgan fingerprint density at radius 2 is 1.94 bits per heavy atom. The van der Waals surface area contributed by atoms with Crippen LogP contribution < -0.4 is 5.32 Å². The summed E-state index contributed by atoms with van der Waals surface area (Å²) in [6.45, 7) is 4.46. The molecule has 0 bridgehead atoms. The van der Waals surface area contributed by atoms with E-state index in [1.807, 2.05) is 7.05 Å². The summed E-state index contributed by atoms with van der Waals surface area (Å²) in [5.41, 5.74) is 0. The lowest BCUT2D eigenvalue weighted by Crippen LogP contribution is -2.40. The molecule has 1 unspecified atom stereocenters. The standard InChI is InChI=1S/C10H25NO4Si/c1-10(8-11-2)9-15-6-5-7-16(12,13-3)14-4/h10-12H,5-9H2,1-4H3. The Bertz CT molecular complexity index is 167. The molecule has 2 N–H and O–H groups in total. The first kappa shape index (κ1) is 16.0. The molecule has 0 fully saturated rings. The van der Waals surface area contributed by atoms with Gasteiger partial charge in [0.25, 0.3) is 0 Å². The van der Waals surface area contributed by atoms with Crippen LogP contribution in [-0.2, 0) is 13.6 Å². The molecule has 0 saturated heterocycles. The third-order valence-corrected chi connectivity index (χ3v) is 4.64. The van der Waals surface area contributed by atoms with Crippen molar-refractivity contribution in [2.75, 3.05) is 41.0 Å². The zero-order valence-electron chi connectivity index (χ0n) is 10.8. The molecule has 0 aliphatic rings. The molecule has 0 radical (unpaired) electrons. The van der Waals surface area contributed by atoms with Crippen molar-refractivity contribution in [3.63, 3.8) is 0 Å². The summed E-state index contributed by atoms with van der Waals surface area (Å²) < 4.78 is 15.4. The number of hydrogen-bond donors (Lipinski definition) is 2. The minimum atomic E-state index is -2.88. The van der Waals surface area contributed by atoms with E-state index in [2.05, 4.69) is 12.2 Å². The van der Waals surface area contributed by atoms with Crippen LogP contribution >= 0.6 is 0 Å². The number of ether oxygens (including phenoxy) is 1. The van der Waals surface area contributed by atoms with E-state index in [9.17, 15) is 4.80 Å². The molecule has 0 aromatic rings. The highest BCUT2D eigenvalue weighted by atomic mass is 28.4. The molecule has 0 amide bonds. The van der Waals surface area contributed by atoms with Crippen LogP contribution in [0.3, 0.4) is 0 Å². The molecule has 0 aromatic heterocycles. The van der Waals surface area contributed by atoms with E-state index in [1.165, 1.54) is 14.2 Å². The molecule has 98 valence electrons.